The Hall–Kier alpha value is -2.20. The third-order valence-corrected chi connectivity index (χ3v) is 5.96. The van der Waals surface area contributed by atoms with Gasteiger partial charge in [-0.15, -0.1) is 0 Å². The summed E-state index contributed by atoms with van der Waals surface area (Å²) >= 11 is 1.38. The topological polar surface area (TPSA) is 97.1 Å². The Morgan fingerprint density at radius 3 is 2.86 bits per heavy atom. The first-order valence-corrected chi connectivity index (χ1v) is 10.5. The smallest absolute Gasteiger partial charge is 0.345 e. The van der Waals surface area contributed by atoms with Crippen LogP contribution in [0.3, 0.4) is 0 Å². The molecular formula is C18H29N7O2S. The molecule has 1 atom stereocenters. The first kappa shape index (κ1) is 20.5. The number of nitrogens with one attached hydrogen (secondary N) is 2. The van der Waals surface area contributed by atoms with Gasteiger partial charge in [-0.2, -0.15) is 5.10 Å². The van der Waals surface area contributed by atoms with Crippen molar-refractivity contribution in [3.63, 3.8) is 0 Å². The number of likely N-dealkylation sites (N-methyl/N-ethyl adjacent to an activating group) is 1. The SMILES string of the molecule is CCNc1nc(C)c(C(=O)NC2CCc3nn(CCN(C)C)c(=O)n3CC2)s1. The van der Waals surface area contributed by atoms with E-state index in [0.717, 1.165) is 42.6 Å². The largest absolute Gasteiger partial charge is 0.362 e. The molecule has 2 aromatic heterocycles. The van der Waals surface area contributed by atoms with Crippen LogP contribution in [0.5, 0.6) is 0 Å². The van der Waals surface area contributed by atoms with E-state index in [9.17, 15) is 9.59 Å². The lowest BCUT2D eigenvalue weighted by atomic mass is 10.1. The van der Waals surface area contributed by atoms with Crippen molar-refractivity contribution >= 4 is 22.4 Å². The number of fused-ring (bicyclic) bond motifs is 1. The molecule has 2 aromatic rings. The van der Waals surface area contributed by atoms with Crippen LogP contribution in [0.25, 0.3) is 0 Å². The third kappa shape index (κ3) is 4.61. The van der Waals surface area contributed by atoms with E-state index in [0.29, 0.717) is 24.4 Å². The van der Waals surface area contributed by atoms with E-state index < -0.39 is 0 Å². The van der Waals surface area contributed by atoms with E-state index in [2.05, 4.69) is 20.7 Å². The van der Waals surface area contributed by atoms with Gasteiger partial charge in [0.1, 0.15) is 10.7 Å². The highest BCUT2D eigenvalue weighted by molar-refractivity contribution is 7.17. The summed E-state index contributed by atoms with van der Waals surface area (Å²) in [5.41, 5.74) is 0.682. The Bertz CT molecular complexity index is 883. The summed E-state index contributed by atoms with van der Waals surface area (Å²) in [6.07, 6.45) is 2.17. The lowest BCUT2D eigenvalue weighted by Crippen LogP contribution is -2.36. The monoisotopic (exact) mass is 407 g/mol. The molecule has 3 heterocycles. The van der Waals surface area contributed by atoms with Gasteiger partial charge in [0.25, 0.3) is 5.91 Å². The second kappa shape index (κ2) is 8.87. The van der Waals surface area contributed by atoms with Gasteiger partial charge in [0.2, 0.25) is 0 Å². The maximum Gasteiger partial charge on any atom is 0.345 e. The van der Waals surface area contributed by atoms with Crippen molar-refractivity contribution < 1.29 is 4.79 Å². The molecule has 1 unspecified atom stereocenters. The highest BCUT2D eigenvalue weighted by Gasteiger charge is 2.24. The van der Waals surface area contributed by atoms with E-state index in [1.807, 2.05) is 32.8 Å². The molecular weight excluding hydrogens is 378 g/mol. The standard InChI is InChI=1S/C18H29N7O2S/c1-5-19-17-20-12(2)15(28-17)16(26)21-13-6-7-14-22-25(11-10-23(3)4)18(27)24(14)9-8-13/h13H,5-11H2,1-4H3,(H,19,20)(H,21,26). The zero-order valence-electron chi connectivity index (χ0n) is 17.0. The highest BCUT2D eigenvalue weighted by Crippen LogP contribution is 2.23. The molecule has 3 rings (SSSR count). The van der Waals surface area contributed by atoms with Crippen molar-refractivity contribution in [2.75, 3.05) is 32.5 Å². The summed E-state index contributed by atoms with van der Waals surface area (Å²) in [4.78, 5) is 32.3. The van der Waals surface area contributed by atoms with Gasteiger partial charge in [-0.05, 0) is 40.8 Å². The zero-order chi connectivity index (χ0) is 20.3. The molecule has 0 saturated heterocycles. The number of hydrogen-bond acceptors (Lipinski definition) is 7. The van der Waals surface area contributed by atoms with E-state index >= 15 is 0 Å². The second-order valence-electron chi connectivity index (χ2n) is 7.34. The van der Waals surface area contributed by atoms with Crippen LogP contribution in [0.1, 0.15) is 41.0 Å². The minimum Gasteiger partial charge on any atom is -0.362 e. The van der Waals surface area contributed by atoms with Crippen molar-refractivity contribution in [3.8, 4) is 0 Å². The van der Waals surface area contributed by atoms with Crippen LogP contribution in [0.2, 0.25) is 0 Å². The van der Waals surface area contributed by atoms with Gasteiger partial charge in [-0.25, -0.2) is 14.5 Å². The van der Waals surface area contributed by atoms with Crippen LogP contribution in [-0.4, -0.2) is 63.4 Å². The molecule has 0 fully saturated rings. The first-order valence-electron chi connectivity index (χ1n) is 9.72. The Labute approximate surface area is 168 Å². The lowest BCUT2D eigenvalue weighted by Gasteiger charge is -2.15. The highest BCUT2D eigenvalue weighted by atomic mass is 32.1. The molecule has 28 heavy (non-hydrogen) atoms. The molecule has 1 aliphatic rings. The normalized spacial score (nSPS) is 16.7. The molecule has 0 radical (unpaired) electrons. The van der Waals surface area contributed by atoms with Gasteiger partial charge in [0.05, 0.1) is 12.2 Å². The van der Waals surface area contributed by atoms with E-state index in [1.54, 1.807) is 9.25 Å². The van der Waals surface area contributed by atoms with E-state index in [-0.39, 0.29) is 17.6 Å². The van der Waals surface area contributed by atoms with Gasteiger partial charge in [-0.3, -0.25) is 9.36 Å². The number of carbonyl (C=O) groups excluding carboxylic acids is 1. The predicted molar refractivity (Wildman–Crippen MR) is 110 cm³/mol. The lowest BCUT2D eigenvalue weighted by molar-refractivity contribution is 0.0936. The minimum atomic E-state index is -0.0907. The van der Waals surface area contributed by atoms with Gasteiger partial charge < -0.3 is 15.5 Å². The van der Waals surface area contributed by atoms with Crippen LogP contribution in [0.15, 0.2) is 4.79 Å². The van der Waals surface area contributed by atoms with Crippen LogP contribution in [0.4, 0.5) is 5.13 Å². The Balaban J connectivity index is 1.63. The summed E-state index contributed by atoms with van der Waals surface area (Å²) in [7, 11) is 3.96. The molecule has 0 spiro atoms. The van der Waals surface area contributed by atoms with Gasteiger partial charge in [0, 0.05) is 32.1 Å². The quantitative estimate of drug-likeness (QED) is 0.709. The van der Waals surface area contributed by atoms with Gasteiger partial charge >= 0.3 is 5.69 Å². The molecule has 1 amide bonds. The molecule has 0 aromatic carbocycles. The summed E-state index contributed by atoms with van der Waals surface area (Å²) < 4.78 is 3.31. The fourth-order valence-corrected chi connectivity index (χ4v) is 4.24. The van der Waals surface area contributed by atoms with Gasteiger partial charge in [-0.1, -0.05) is 11.3 Å². The third-order valence-electron chi connectivity index (χ3n) is 4.84. The minimum absolute atomic E-state index is 0.0212. The molecule has 0 aliphatic carbocycles. The summed E-state index contributed by atoms with van der Waals surface area (Å²) in [6.45, 7) is 6.56. The van der Waals surface area contributed by atoms with Crippen molar-refractivity contribution in [2.24, 2.45) is 0 Å². The van der Waals surface area contributed by atoms with Crippen molar-refractivity contribution in [1.29, 1.82) is 0 Å². The van der Waals surface area contributed by atoms with Crippen LogP contribution >= 0.6 is 11.3 Å². The summed E-state index contributed by atoms with van der Waals surface area (Å²) in [6, 6.07) is 0.0212. The molecule has 10 heteroatoms. The Morgan fingerprint density at radius 1 is 1.36 bits per heavy atom. The summed E-state index contributed by atoms with van der Waals surface area (Å²) in [5.74, 6) is 0.719. The predicted octanol–water partition coefficient (Wildman–Crippen LogP) is 0.938. The van der Waals surface area contributed by atoms with E-state index in [4.69, 9.17) is 0 Å². The molecule has 154 valence electrons. The van der Waals surface area contributed by atoms with Gasteiger partial charge in [0.15, 0.2) is 5.13 Å². The second-order valence-corrected chi connectivity index (χ2v) is 8.34. The fraction of sp³-hybridized carbons (Fsp3) is 0.667. The molecule has 2 N–H and O–H groups in total. The average Bonchev–Trinajstić information content (AvgIpc) is 3.07. The molecule has 9 nitrogen and oxygen atoms in total. The van der Waals surface area contributed by atoms with Crippen molar-refractivity contribution in [3.05, 3.63) is 26.9 Å². The number of aryl methyl sites for hydroxylation is 2. The summed E-state index contributed by atoms with van der Waals surface area (Å²) in [5, 5.41) is 11.5. The fourth-order valence-electron chi connectivity index (χ4n) is 3.30. The molecule has 1 aliphatic heterocycles. The first-order chi connectivity index (χ1) is 13.4. The average molecular weight is 408 g/mol. The zero-order valence-corrected chi connectivity index (χ0v) is 17.8. The number of anilines is 1. The number of hydrogen-bond donors (Lipinski definition) is 2. The number of aromatic nitrogens is 4. The van der Waals surface area contributed by atoms with Crippen LogP contribution in [-0.2, 0) is 19.5 Å². The van der Waals surface area contributed by atoms with Crippen LogP contribution < -0.4 is 16.3 Å². The van der Waals surface area contributed by atoms with Crippen LogP contribution in [0, 0.1) is 6.92 Å². The van der Waals surface area contributed by atoms with Crippen molar-refractivity contribution in [1.82, 2.24) is 29.5 Å². The maximum absolute atomic E-state index is 12.7. The number of nitrogens with zero attached hydrogens (tertiary/aromatic N) is 5. The number of carbonyl (C=O) groups is 1. The van der Waals surface area contributed by atoms with E-state index in [1.165, 1.54) is 11.3 Å². The number of amides is 1. The van der Waals surface area contributed by atoms with Crippen molar-refractivity contribution in [2.45, 2.75) is 52.2 Å². The number of thiazole rings is 1. The number of rotatable bonds is 7. The Morgan fingerprint density at radius 2 is 2.14 bits per heavy atom. The maximum atomic E-state index is 12.7. The molecule has 0 saturated carbocycles. The Kier molecular flexibility index (Phi) is 6.50. The molecule has 0 bridgehead atoms.